The monoisotopic (exact) mass is 225 g/mol. The van der Waals surface area contributed by atoms with Crippen LogP contribution in [0, 0.1) is 29.6 Å². The maximum Gasteiger partial charge on any atom is 0.00960 e. The van der Waals surface area contributed by atoms with E-state index in [0.29, 0.717) is 6.04 Å². The van der Waals surface area contributed by atoms with Gasteiger partial charge >= 0.3 is 0 Å². The molecule has 1 aliphatic rings. The fourth-order valence-electron chi connectivity index (χ4n) is 3.30. The van der Waals surface area contributed by atoms with E-state index < -0.39 is 0 Å². The Bertz CT molecular complexity index is 198. The van der Waals surface area contributed by atoms with E-state index in [-0.39, 0.29) is 0 Å². The van der Waals surface area contributed by atoms with Crippen molar-refractivity contribution in [3.05, 3.63) is 0 Å². The van der Waals surface area contributed by atoms with Crippen LogP contribution in [0.4, 0.5) is 0 Å². The number of nitrogens with two attached hydrogens (primary N) is 1. The van der Waals surface area contributed by atoms with Crippen molar-refractivity contribution in [1.82, 2.24) is 0 Å². The molecule has 0 aromatic carbocycles. The van der Waals surface area contributed by atoms with Crippen LogP contribution in [-0.2, 0) is 0 Å². The first kappa shape index (κ1) is 14.0. The van der Waals surface area contributed by atoms with Gasteiger partial charge in [0.15, 0.2) is 0 Å². The van der Waals surface area contributed by atoms with Gasteiger partial charge in [-0.2, -0.15) is 0 Å². The molecule has 0 spiro atoms. The van der Waals surface area contributed by atoms with Gasteiger partial charge in [0.1, 0.15) is 0 Å². The molecule has 1 rings (SSSR count). The smallest absolute Gasteiger partial charge is 0.00960 e. The lowest BCUT2D eigenvalue weighted by atomic mass is 9.63. The van der Waals surface area contributed by atoms with Crippen molar-refractivity contribution < 1.29 is 0 Å². The van der Waals surface area contributed by atoms with E-state index in [4.69, 9.17) is 5.73 Å². The van der Waals surface area contributed by atoms with Crippen LogP contribution in [0.2, 0.25) is 0 Å². The standard InChI is InChI=1S/C15H31N/c1-6-12(11(4)5)8-14-9-13(15(14)16)7-10(2)3/h10-15H,6-9,16H2,1-5H3. The van der Waals surface area contributed by atoms with Gasteiger partial charge in [0.25, 0.3) is 0 Å². The number of hydrogen-bond donors (Lipinski definition) is 1. The van der Waals surface area contributed by atoms with Crippen molar-refractivity contribution in [3.63, 3.8) is 0 Å². The molecule has 0 bridgehead atoms. The van der Waals surface area contributed by atoms with Crippen LogP contribution >= 0.6 is 0 Å². The van der Waals surface area contributed by atoms with Crippen molar-refractivity contribution in [2.45, 2.75) is 66.3 Å². The fraction of sp³-hybridized carbons (Fsp3) is 1.00. The molecule has 0 aliphatic heterocycles. The van der Waals surface area contributed by atoms with E-state index in [0.717, 1.165) is 29.6 Å². The first-order valence-corrected chi connectivity index (χ1v) is 7.21. The highest BCUT2D eigenvalue weighted by atomic mass is 14.7. The van der Waals surface area contributed by atoms with E-state index in [1.807, 2.05) is 0 Å². The third kappa shape index (κ3) is 3.48. The van der Waals surface area contributed by atoms with Crippen LogP contribution in [0.15, 0.2) is 0 Å². The molecule has 1 heteroatoms. The molecule has 1 aliphatic carbocycles. The van der Waals surface area contributed by atoms with Crippen molar-refractivity contribution in [3.8, 4) is 0 Å². The molecule has 1 saturated carbocycles. The molecule has 0 saturated heterocycles. The summed E-state index contributed by atoms with van der Waals surface area (Å²) in [5.41, 5.74) is 6.32. The summed E-state index contributed by atoms with van der Waals surface area (Å²) >= 11 is 0. The van der Waals surface area contributed by atoms with Crippen LogP contribution in [0.25, 0.3) is 0 Å². The van der Waals surface area contributed by atoms with E-state index in [1.165, 1.54) is 25.7 Å². The van der Waals surface area contributed by atoms with Gasteiger partial charge in [0.05, 0.1) is 0 Å². The number of hydrogen-bond acceptors (Lipinski definition) is 1. The Labute approximate surface area is 102 Å². The molecular weight excluding hydrogens is 194 g/mol. The Balaban J connectivity index is 2.32. The Morgan fingerprint density at radius 3 is 2.00 bits per heavy atom. The normalized spacial score (nSPS) is 31.9. The zero-order valence-electron chi connectivity index (χ0n) is 11.9. The zero-order chi connectivity index (χ0) is 12.3. The van der Waals surface area contributed by atoms with Crippen LogP contribution in [0.3, 0.4) is 0 Å². The molecule has 0 heterocycles. The second-order valence-electron chi connectivity index (χ2n) is 6.61. The highest BCUT2D eigenvalue weighted by Crippen LogP contribution is 2.42. The molecule has 1 nitrogen and oxygen atoms in total. The molecule has 96 valence electrons. The summed E-state index contributed by atoms with van der Waals surface area (Å²) in [7, 11) is 0. The predicted octanol–water partition coefficient (Wildman–Crippen LogP) is 4.07. The maximum absolute atomic E-state index is 6.32. The second kappa shape index (κ2) is 6.05. The van der Waals surface area contributed by atoms with Gasteiger partial charge < -0.3 is 5.73 Å². The van der Waals surface area contributed by atoms with Crippen LogP contribution in [0.1, 0.15) is 60.3 Å². The Morgan fingerprint density at radius 1 is 1.06 bits per heavy atom. The Morgan fingerprint density at radius 2 is 1.62 bits per heavy atom. The van der Waals surface area contributed by atoms with Gasteiger partial charge in [-0.05, 0) is 48.9 Å². The third-order valence-electron chi connectivity index (χ3n) is 4.54. The summed E-state index contributed by atoms with van der Waals surface area (Å²) in [6.07, 6.45) is 5.40. The van der Waals surface area contributed by atoms with Crippen molar-refractivity contribution >= 4 is 0 Å². The Kier molecular flexibility index (Phi) is 5.30. The molecule has 2 N–H and O–H groups in total. The SMILES string of the molecule is CCC(CC1CC(CC(C)C)C1N)C(C)C. The first-order chi connectivity index (χ1) is 7.45. The van der Waals surface area contributed by atoms with Crippen molar-refractivity contribution in [2.24, 2.45) is 35.3 Å². The molecule has 4 unspecified atom stereocenters. The van der Waals surface area contributed by atoms with Gasteiger partial charge in [-0.25, -0.2) is 0 Å². The Hall–Kier alpha value is -0.0400. The molecular formula is C15H31N. The van der Waals surface area contributed by atoms with E-state index in [1.54, 1.807) is 0 Å². The maximum atomic E-state index is 6.32. The summed E-state index contributed by atoms with van der Waals surface area (Å²) in [4.78, 5) is 0. The third-order valence-corrected chi connectivity index (χ3v) is 4.54. The van der Waals surface area contributed by atoms with Crippen LogP contribution in [-0.4, -0.2) is 6.04 Å². The van der Waals surface area contributed by atoms with Crippen LogP contribution < -0.4 is 5.73 Å². The summed E-state index contributed by atoms with van der Waals surface area (Å²) in [6.45, 7) is 11.6. The summed E-state index contributed by atoms with van der Waals surface area (Å²) in [6, 6.07) is 0.496. The minimum absolute atomic E-state index is 0.496. The average molecular weight is 225 g/mol. The average Bonchev–Trinajstić information content (AvgIpc) is 2.20. The summed E-state index contributed by atoms with van der Waals surface area (Å²) < 4.78 is 0. The summed E-state index contributed by atoms with van der Waals surface area (Å²) in [5.74, 6) is 4.15. The lowest BCUT2D eigenvalue weighted by molar-refractivity contribution is 0.0883. The molecule has 1 fully saturated rings. The lowest BCUT2D eigenvalue weighted by Gasteiger charge is -2.45. The zero-order valence-corrected chi connectivity index (χ0v) is 11.9. The van der Waals surface area contributed by atoms with Gasteiger partial charge in [0.2, 0.25) is 0 Å². The first-order valence-electron chi connectivity index (χ1n) is 7.21. The molecule has 0 radical (unpaired) electrons. The van der Waals surface area contributed by atoms with E-state index >= 15 is 0 Å². The molecule has 16 heavy (non-hydrogen) atoms. The van der Waals surface area contributed by atoms with E-state index in [9.17, 15) is 0 Å². The predicted molar refractivity (Wildman–Crippen MR) is 72.3 cm³/mol. The van der Waals surface area contributed by atoms with E-state index in [2.05, 4.69) is 34.6 Å². The molecule has 0 aromatic heterocycles. The molecule has 0 aromatic rings. The highest BCUT2D eigenvalue weighted by Gasteiger charge is 2.39. The van der Waals surface area contributed by atoms with Crippen molar-refractivity contribution in [2.75, 3.05) is 0 Å². The lowest BCUT2D eigenvalue weighted by Crippen LogP contribution is -2.49. The van der Waals surface area contributed by atoms with Gasteiger partial charge in [0, 0.05) is 6.04 Å². The van der Waals surface area contributed by atoms with Gasteiger partial charge in [-0.15, -0.1) is 0 Å². The van der Waals surface area contributed by atoms with Gasteiger partial charge in [-0.3, -0.25) is 0 Å². The van der Waals surface area contributed by atoms with Crippen molar-refractivity contribution in [1.29, 1.82) is 0 Å². The minimum atomic E-state index is 0.496. The summed E-state index contributed by atoms with van der Waals surface area (Å²) in [5, 5.41) is 0. The minimum Gasteiger partial charge on any atom is -0.327 e. The fourth-order valence-corrected chi connectivity index (χ4v) is 3.30. The highest BCUT2D eigenvalue weighted by molar-refractivity contribution is 4.93. The molecule has 4 atom stereocenters. The second-order valence-corrected chi connectivity index (χ2v) is 6.61. The molecule has 0 amide bonds. The quantitative estimate of drug-likeness (QED) is 0.724. The van der Waals surface area contributed by atoms with Crippen LogP contribution in [0.5, 0.6) is 0 Å². The number of rotatable bonds is 6. The largest absolute Gasteiger partial charge is 0.327 e. The van der Waals surface area contributed by atoms with Gasteiger partial charge in [-0.1, -0.05) is 41.0 Å². The topological polar surface area (TPSA) is 26.0 Å².